The Balaban J connectivity index is 2.09. The summed E-state index contributed by atoms with van der Waals surface area (Å²) in [5.74, 6) is -0.267. The second-order valence-corrected chi connectivity index (χ2v) is 5.19. The third kappa shape index (κ3) is 2.53. The topological polar surface area (TPSA) is 59.1 Å². The molecule has 4 nitrogen and oxygen atoms in total. The molecule has 0 fully saturated rings. The lowest BCUT2D eigenvalue weighted by molar-refractivity contribution is 0.584. The van der Waals surface area contributed by atoms with Crippen LogP contribution < -0.4 is 5.32 Å². The maximum Gasteiger partial charge on any atom is 0.214 e. The second-order valence-electron chi connectivity index (χ2n) is 3.25. The molecule has 1 atom stereocenters. The summed E-state index contributed by atoms with van der Waals surface area (Å²) in [5, 5.41) is 3.98. The predicted octanol–water partition coefficient (Wildman–Crippen LogP) is 0.943. The van der Waals surface area contributed by atoms with Crippen molar-refractivity contribution < 1.29 is 12.8 Å². The fourth-order valence-electron chi connectivity index (χ4n) is 1.34. The normalized spacial score (nSPS) is 22.9. The van der Waals surface area contributed by atoms with Crippen LogP contribution in [0.25, 0.3) is 0 Å². The summed E-state index contributed by atoms with van der Waals surface area (Å²) in [6.07, 6.45) is 1.53. The molecule has 80 valence electrons. The third-order valence-electron chi connectivity index (χ3n) is 1.98. The SMILES string of the molecule is O=S1(=O)C=CC(Nc2cccc(F)n2)C1. The molecule has 15 heavy (non-hydrogen) atoms. The zero-order valence-electron chi connectivity index (χ0n) is 7.72. The van der Waals surface area contributed by atoms with Gasteiger partial charge in [0.05, 0.1) is 11.8 Å². The molecule has 1 N–H and O–H groups in total. The molecule has 0 amide bonds. The summed E-state index contributed by atoms with van der Waals surface area (Å²) < 4.78 is 34.9. The van der Waals surface area contributed by atoms with E-state index in [9.17, 15) is 12.8 Å². The van der Waals surface area contributed by atoms with Gasteiger partial charge >= 0.3 is 0 Å². The molecule has 0 spiro atoms. The van der Waals surface area contributed by atoms with Crippen LogP contribution in [0.15, 0.2) is 29.7 Å². The van der Waals surface area contributed by atoms with Crippen molar-refractivity contribution in [3.8, 4) is 0 Å². The minimum Gasteiger partial charge on any atom is -0.363 e. The number of halogens is 1. The first-order valence-corrected chi connectivity index (χ1v) is 6.07. The van der Waals surface area contributed by atoms with Gasteiger partial charge in [0.15, 0.2) is 9.84 Å². The fourth-order valence-corrected chi connectivity index (χ4v) is 2.58. The molecule has 0 aliphatic carbocycles. The summed E-state index contributed by atoms with van der Waals surface area (Å²) in [5.41, 5.74) is 0. The molecular formula is C9H9FN2O2S. The number of anilines is 1. The highest BCUT2D eigenvalue weighted by molar-refractivity contribution is 7.94. The standard InChI is InChI=1S/C9H9FN2O2S/c10-8-2-1-3-9(12-8)11-7-4-5-15(13,14)6-7/h1-5,7H,6H2,(H,11,12). The van der Waals surface area contributed by atoms with E-state index in [2.05, 4.69) is 10.3 Å². The molecule has 0 aromatic carbocycles. The Kier molecular flexibility index (Phi) is 2.44. The van der Waals surface area contributed by atoms with Gasteiger partial charge in [-0.25, -0.2) is 13.4 Å². The smallest absolute Gasteiger partial charge is 0.214 e. The quantitative estimate of drug-likeness (QED) is 0.765. The van der Waals surface area contributed by atoms with Crippen LogP contribution in [-0.4, -0.2) is 25.2 Å². The average Bonchev–Trinajstić information content (AvgIpc) is 2.45. The molecule has 1 aromatic heterocycles. The highest BCUT2D eigenvalue weighted by Gasteiger charge is 2.21. The van der Waals surface area contributed by atoms with Crippen molar-refractivity contribution >= 4 is 15.7 Å². The number of pyridine rings is 1. The summed E-state index contributed by atoms with van der Waals surface area (Å²) in [7, 11) is -3.09. The first-order chi connectivity index (χ1) is 7.05. The Labute approximate surface area is 86.8 Å². The molecule has 1 aromatic rings. The molecule has 0 saturated carbocycles. The highest BCUT2D eigenvalue weighted by Crippen LogP contribution is 2.13. The van der Waals surface area contributed by atoms with Gasteiger partial charge in [-0.05, 0) is 18.2 Å². The number of nitrogens with one attached hydrogen (secondary N) is 1. The van der Waals surface area contributed by atoms with E-state index in [0.717, 1.165) is 5.41 Å². The Bertz CT molecular complexity index is 499. The number of hydrogen-bond donors (Lipinski definition) is 1. The molecule has 1 aliphatic rings. The van der Waals surface area contributed by atoms with Gasteiger partial charge in [0, 0.05) is 5.41 Å². The van der Waals surface area contributed by atoms with Crippen LogP contribution in [0.4, 0.5) is 10.2 Å². The van der Waals surface area contributed by atoms with E-state index >= 15 is 0 Å². The first-order valence-electron chi connectivity index (χ1n) is 4.35. The Morgan fingerprint density at radius 2 is 2.27 bits per heavy atom. The van der Waals surface area contributed by atoms with E-state index in [-0.39, 0.29) is 11.8 Å². The number of hydrogen-bond acceptors (Lipinski definition) is 4. The van der Waals surface area contributed by atoms with E-state index in [1.165, 1.54) is 18.2 Å². The number of aromatic nitrogens is 1. The van der Waals surface area contributed by atoms with Gasteiger partial charge in [0.25, 0.3) is 0 Å². The van der Waals surface area contributed by atoms with E-state index in [4.69, 9.17) is 0 Å². The van der Waals surface area contributed by atoms with E-state index in [0.29, 0.717) is 5.82 Å². The minimum absolute atomic E-state index is 0.00874. The van der Waals surface area contributed by atoms with Crippen molar-refractivity contribution in [2.45, 2.75) is 6.04 Å². The van der Waals surface area contributed by atoms with Crippen molar-refractivity contribution in [1.82, 2.24) is 4.98 Å². The van der Waals surface area contributed by atoms with Crippen LogP contribution in [0.2, 0.25) is 0 Å². The highest BCUT2D eigenvalue weighted by atomic mass is 32.2. The zero-order valence-corrected chi connectivity index (χ0v) is 8.54. The molecule has 2 rings (SSSR count). The molecule has 0 bridgehead atoms. The zero-order chi connectivity index (χ0) is 10.9. The molecule has 0 saturated heterocycles. The number of nitrogens with zero attached hydrogens (tertiary/aromatic N) is 1. The second kappa shape index (κ2) is 3.62. The molecular weight excluding hydrogens is 219 g/mol. The lowest BCUT2D eigenvalue weighted by Gasteiger charge is -2.09. The van der Waals surface area contributed by atoms with Crippen molar-refractivity contribution in [2.75, 3.05) is 11.1 Å². The van der Waals surface area contributed by atoms with Crippen molar-refractivity contribution in [2.24, 2.45) is 0 Å². The fraction of sp³-hybridized carbons (Fsp3) is 0.222. The predicted molar refractivity (Wildman–Crippen MR) is 54.5 cm³/mol. The number of rotatable bonds is 2. The van der Waals surface area contributed by atoms with Crippen LogP contribution in [-0.2, 0) is 9.84 Å². The van der Waals surface area contributed by atoms with E-state index in [1.54, 1.807) is 6.07 Å². The largest absolute Gasteiger partial charge is 0.363 e. The van der Waals surface area contributed by atoms with Crippen LogP contribution in [0.3, 0.4) is 0 Å². The molecule has 2 heterocycles. The summed E-state index contributed by atoms with van der Waals surface area (Å²) in [6.45, 7) is 0. The summed E-state index contributed by atoms with van der Waals surface area (Å²) >= 11 is 0. The van der Waals surface area contributed by atoms with Gasteiger partial charge in [-0.2, -0.15) is 4.39 Å². The third-order valence-corrected chi connectivity index (χ3v) is 3.37. The van der Waals surface area contributed by atoms with Gasteiger partial charge < -0.3 is 5.32 Å². The van der Waals surface area contributed by atoms with Gasteiger partial charge in [-0.1, -0.05) is 6.07 Å². The van der Waals surface area contributed by atoms with Crippen molar-refractivity contribution in [1.29, 1.82) is 0 Å². The van der Waals surface area contributed by atoms with E-state index < -0.39 is 15.8 Å². The van der Waals surface area contributed by atoms with Crippen molar-refractivity contribution in [3.63, 3.8) is 0 Å². The summed E-state index contributed by atoms with van der Waals surface area (Å²) in [6, 6.07) is 4.00. The molecule has 6 heteroatoms. The van der Waals surface area contributed by atoms with Crippen LogP contribution in [0.5, 0.6) is 0 Å². The van der Waals surface area contributed by atoms with Gasteiger partial charge in [-0.15, -0.1) is 0 Å². The maximum atomic E-state index is 12.7. The molecule has 1 unspecified atom stereocenters. The number of sulfone groups is 1. The van der Waals surface area contributed by atoms with Gasteiger partial charge in [0.1, 0.15) is 5.82 Å². The van der Waals surface area contributed by atoms with Gasteiger partial charge in [0.2, 0.25) is 5.95 Å². The first kappa shape index (κ1) is 10.1. The Morgan fingerprint density at radius 3 is 2.87 bits per heavy atom. The van der Waals surface area contributed by atoms with Crippen LogP contribution in [0.1, 0.15) is 0 Å². The lowest BCUT2D eigenvalue weighted by atomic mass is 10.3. The van der Waals surface area contributed by atoms with Crippen molar-refractivity contribution in [3.05, 3.63) is 35.6 Å². The van der Waals surface area contributed by atoms with Crippen LogP contribution >= 0.6 is 0 Å². The van der Waals surface area contributed by atoms with E-state index in [1.807, 2.05) is 0 Å². The minimum atomic E-state index is -3.09. The average molecular weight is 228 g/mol. The monoisotopic (exact) mass is 228 g/mol. The van der Waals surface area contributed by atoms with Crippen LogP contribution in [0, 0.1) is 5.95 Å². The Hall–Kier alpha value is -1.43. The molecule has 0 radical (unpaired) electrons. The van der Waals surface area contributed by atoms with Gasteiger partial charge in [-0.3, -0.25) is 0 Å². The molecule has 1 aliphatic heterocycles. The maximum absolute atomic E-state index is 12.7. The lowest BCUT2D eigenvalue weighted by Crippen LogP contribution is -2.21. The summed E-state index contributed by atoms with van der Waals surface area (Å²) in [4.78, 5) is 3.58. The Morgan fingerprint density at radius 1 is 1.47 bits per heavy atom.